The first-order valence-electron chi connectivity index (χ1n) is 6.67. The molecule has 0 aliphatic rings. The molecule has 0 fully saturated rings. The van der Waals surface area contributed by atoms with E-state index in [-0.39, 0.29) is 5.95 Å². The first kappa shape index (κ1) is 16.5. The number of ether oxygens (including phenoxy) is 1. The molecule has 0 atom stereocenters. The quantitative estimate of drug-likeness (QED) is 0.861. The molecule has 0 spiro atoms. The first-order chi connectivity index (χ1) is 10.9. The van der Waals surface area contributed by atoms with Gasteiger partial charge in [-0.3, -0.25) is 0 Å². The molecule has 0 aliphatic heterocycles. The van der Waals surface area contributed by atoms with Gasteiger partial charge in [0.2, 0.25) is 11.8 Å². The molecule has 0 saturated heterocycles. The van der Waals surface area contributed by atoms with Crippen LogP contribution >= 0.6 is 0 Å². The fourth-order valence-corrected chi connectivity index (χ4v) is 2.06. The van der Waals surface area contributed by atoms with Gasteiger partial charge in [0.05, 0.1) is 18.4 Å². The van der Waals surface area contributed by atoms with E-state index in [1.807, 2.05) is 6.07 Å². The van der Waals surface area contributed by atoms with Gasteiger partial charge in [-0.1, -0.05) is 12.1 Å². The minimum absolute atomic E-state index is 0.0278. The average Bonchev–Trinajstić information content (AvgIpc) is 2.55. The molecule has 1 aromatic carbocycles. The van der Waals surface area contributed by atoms with Crippen LogP contribution in [0, 0.1) is 11.3 Å². The Hall–Kier alpha value is -2.82. The number of methoxy groups -OCH3 is 1. The maximum atomic E-state index is 12.9. The molecule has 0 saturated carbocycles. The summed E-state index contributed by atoms with van der Waals surface area (Å²) in [7, 11) is 1.11. The van der Waals surface area contributed by atoms with Gasteiger partial charge in [0.1, 0.15) is 11.6 Å². The van der Waals surface area contributed by atoms with Crippen molar-refractivity contribution in [3.63, 3.8) is 0 Å². The average molecular weight is 322 g/mol. The number of anilines is 2. The Morgan fingerprint density at radius 1 is 1.30 bits per heavy atom. The lowest BCUT2D eigenvalue weighted by molar-refractivity contribution is -0.139. The van der Waals surface area contributed by atoms with Crippen LogP contribution in [0.1, 0.15) is 18.1 Å². The van der Waals surface area contributed by atoms with Crippen molar-refractivity contribution in [1.29, 1.82) is 5.26 Å². The number of nitriles is 1. The Kier molecular flexibility index (Phi) is 4.69. The fraction of sp³-hybridized carbons (Fsp3) is 0.267. The molecule has 0 radical (unpaired) electrons. The molecule has 2 rings (SSSR count). The van der Waals surface area contributed by atoms with Crippen LogP contribution in [-0.2, 0) is 6.18 Å². The Bertz CT molecular complexity index is 740. The zero-order valence-corrected chi connectivity index (χ0v) is 12.4. The molecule has 2 aromatic rings. The van der Waals surface area contributed by atoms with Gasteiger partial charge >= 0.3 is 6.18 Å². The summed E-state index contributed by atoms with van der Waals surface area (Å²) in [5.74, 6) is -0.532. The van der Waals surface area contributed by atoms with Crippen LogP contribution in [0.5, 0.6) is 5.88 Å². The molecule has 1 heterocycles. The van der Waals surface area contributed by atoms with Crippen LogP contribution in [0.15, 0.2) is 30.5 Å². The van der Waals surface area contributed by atoms with Crippen molar-refractivity contribution in [3.8, 4) is 11.9 Å². The highest BCUT2D eigenvalue weighted by Gasteiger charge is 2.36. The molecular formula is C15H13F3N4O. The van der Waals surface area contributed by atoms with E-state index in [1.165, 1.54) is 0 Å². The molecule has 0 aliphatic carbocycles. The second kappa shape index (κ2) is 6.52. The summed E-state index contributed by atoms with van der Waals surface area (Å²) in [5.41, 5.74) is -0.163. The lowest BCUT2D eigenvalue weighted by Gasteiger charge is -2.22. The summed E-state index contributed by atoms with van der Waals surface area (Å²) in [6.07, 6.45) is -3.93. The van der Waals surface area contributed by atoms with Crippen LogP contribution in [0.3, 0.4) is 0 Å². The minimum atomic E-state index is -4.61. The Morgan fingerprint density at radius 3 is 2.57 bits per heavy atom. The highest BCUT2D eigenvalue weighted by molar-refractivity contribution is 5.65. The molecule has 5 nitrogen and oxygen atoms in total. The van der Waals surface area contributed by atoms with E-state index in [1.54, 1.807) is 36.1 Å². The van der Waals surface area contributed by atoms with Gasteiger partial charge in [0, 0.05) is 12.7 Å². The third-order valence-corrected chi connectivity index (χ3v) is 3.11. The molecule has 8 heteroatoms. The SMILES string of the molecule is CCN(c1ncc(C(F)(F)F)c(OC)n1)c1ccccc1C#N. The van der Waals surface area contributed by atoms with E-state index >= 15 is 0 Å². The number of halogens is 3. The molecule has 0 amide bonds. The second-order valence-electron chi connectivity index (χ2n) is 4.46. The van der Waals surface area contributed by atoms with Crippen molar-refractivity contribution in [3.05, 3.63) is 41.6 Å². The number of aromatic nitrogens is 2. The molecule has 1 aromatic heterocycles. The summed E-state index contributed by atoms with van der Waals surface area (Å²) in [4.78, 5) is 9.17. The molecule has 0 unspecified atom stereocenters. The number of rotatable bonds is 4. The summed E-state index contributed by atoms with van der Waals surface area (Å²) in [6, 6.07) is 8.74. The highest BCUT2D eigenvalue weighted by Crippen LogP contribution is 2.36. The summed E-state index contributed by atoms with van der Waals surface area (Å²) in [6.45, 7) is 2.15. The highest BCUT2D eigenvalue weighted by atomic mass is 19.4. The third-order valence-electron chi connectivity index (χ3n) is 3.11. The van der Waals surface area contributed by atoms with Gasteiger partial charge < -0.3 is 9.64 Å². The first-order valence-corrected chi connectivity index (χ1v) is 6.67. The van der Waals surface area contributed by atoms with Gasteiger partial charge in [-0.2, -0.15) is 23.4 Å². The fourth-order valence-electron chi connectivity index (χ4n) is 2.06. The van der Waals surface area contributed by atoms with Crippen molar-refractivity contribution >= 4 is 11.6 Å². The molecular weight excluding hydrogens is 309 g/mol. The van der Waals surface area contributed by atoms with Gasteiger partial charge in [-0.15, -0.1) is 0 Å². The van der Waals surface area contributed by atoms with Crippen molar-refractivity contribution < 1.29 is 17.9 Å². The van der Waals surface area contributed by atoms with Gasteiger partial charge in [-0.25, -0.2) is 4.98 Å². The second-order valence-corrected chi connectivity index (χ2v) is 4.46. The molecule has 0 bridgehead atoms. The van der Waals surface area contributed by atoms with Crippen LogP contribution in [0.2, 0.25) is 0 Å². The van der Waals surface area contributed by atoms with E-state index in [9.17, 15) is 18.4 Å². The van der Waals surface area contributed by atoms with E-state index in [0.29, 0.717) is 24.0 Å². The van der Waals surface area contributed by atoms with Crippen LogP contribution in [0.4, 0.5) is 24.8 Å². The normalized spacial score (nSPS) is 11.0. The van der Waals surface area contributed by atoms with Crippen molar-refractivity contribution in [1.82, 2.24) is 9.97 Å². The number of alkyl halides is 3. The maximum absolute atomic E-state index is 12.9. The van der Waals surface area contributed by atoms with E-state index < -0.39 is 17.6 Å². The lowest BCUT2D eigenvalue weighted by atomic mass is 10.2. The molecule has 23 heavy (non-hydrogen) atoms. The predicted molar refractivity (Wildman–Crippen MR) is 77.4 cm³/mol. The molecule has 0 N–H and O–H groups in total. The van der Waals surface area contributed by atoms with Gasteiger partial charge in [0.25, 0.3) is 0 Å². The van der Waals surface area contributed by atoms with Gasteiger partial charge in [0.15, 0.2) is 0 Å². The van der Waals surface area contributed by atoms with Crippen LogP contribution < -0.4 is 9.64 Å². The number of para-hydroxylation sites is 1. The Labute approximate surface area is 131 Å². The van der Waals surface area contributed by atoms with Crippen LogP contribution in [0.25, 0.3) is 0 Å². The van der Waals surface area contributed by atoms with Crippen molar-refractivity contribution in [2.24, 2.45) is 0 Å². The zero-order chi connectivity index (χ0) is 17.0. The number of benzene rings is 1. The number of hydrogen-bond acceptors (Lipinski definition) is 5. The van der Waals surface area contributed by atoms with Crippen LogP contribution in [-0.4, -0.2) is 23.6 Å². The predicted octanol–water partition coefficient (Wildman–Crippen LogP) is 3.53. The number of nitrogens with zero attached hydrogens (tertiary/aromatic N) is 4. The van der Waals surface area contributed by atoms with E-state index in [2.05, 4.69) is 9.97 Å². The summed E-state index contributed by atoms with van der Waals surface area (Å²) < 4.78 is 43.4. The van der Waals surface area contributed by atoms with E-state index in [0.717, 1.165) is 7.11 Å². The van der Waals surface area contributed by atoms with Gasteiger partial charge in [-0.05, 0) is 19.1 Å². The Morgan fingerprint density at radius 2 is 2.00 bits per heavy atom. The Balaban J connectivity index is 2.53. The maximum Gasteiger partial charge on any atom is 0.423 e. The minimum Gasteiger partial charge on any atom is -0.480 e. The largest absolute Gasteiger partial charge is 0.480 e. The third kappa shape index (κ3) is 3.34. The zero-order valence-electron chi connectivity index (χ0n) is 12.4. The smallest absolute Gasteiger partial charge is 0.423 e. The molecule has 120 valence electrons. The monoisotopic (exact) mass is 322 g/mol. The summed E-state index contributed by atoms with van der Waals surface area (Å²) in [5, 5.41) is 9.17. The van der Waals surface area contributed by atoms with Crippen molar-refractivity contribution in [2.75, 3.05) is 18.6 Å². The lowest BCUT2D eigenvalue weighted by Crippen LogP contribution is -2.21. The standard InChI is InChI=1S/C15H13F3N4O/c1-3-22(12-7-5-4-6-10(12)8-19)14-20-9-11(15(16,17)18)13(21-14)23-2/h4-7,9H,3H2,1-2H3. The summed E-state index contributed by atoms with van der Waals surface area (Å²) >= 11 is 0. The number of hydrogen-bond donors (Lipinski definition) is 0. The van der Waals surface area contributed by atoms with E-state index in [4.69, 9.17) is 4.74 Å². The topological polar surface area (TPSA) is 62.0 Å². The van der Waals surface area contributed by atoms with Crippen molar-refractivity contribution in [2.45, 2.75) is 13.1 Å².